The van der Waals surface area contributed by atoms with Gasteiger partial charge in [-0.1, -0.05) is 0 Å². The lowest BCUT2D eigenvalue weighted by Crippen LogP contribution is -2.25. The highest BCUT2D eigenvalue weighted by molar-refractivity contribution is 7.80. The number of carbonyl (C=O) groups excluding carboxylic acids is 2. The van der Waals surface area contributed by atoms with Crippen LogP contribution in [0.25, 0.3) is 0 Å². The van der Waals surface area contributed by atoms with E-state index >= 15 is 0 Å². The van der Waals surface area contributed by atoms with Crippen LogP contribution in [0.5, 0.6) is 0 Å². The fourth-order valence-corrected chi connectivity index (χ4v) is 1.80. The van der Waals surface area contributed by atoms with Crippen LogP contribution in [0.15, 0.2) is 23.1 Å². The molecule has 116 valence electrons. The maximum absolute atomic E-state index is 12.1. The maximum Gasteiger partial charge on any atom is 0.338 e. The van der Waals surface area contributed by atoms with Crippen LogP contribution in [0.4, 0.5) is 0 Å². The van der Waals surface area contributed by atoms with Crippen molar-refractivity contribution in [3.8, 4) is 0 Å². The number of benzene rings is 1. The van der Waals surface area contributed by atoms with Crippen molar-refractivity contribution in [2.45, 2.75) is 57.6 Å². The first-order valence-electron chi connectivity index (χ1n) is 6.68. The van der Waals surface area contributed by atoms with Gasteiger partial charge in [0.05, 0.1) is 11.1 Å². The lowest BCUT2D eigenvalue weighted by Gasteiger charge is -2.21. The van der Waals surface area contributed by atoms with Gasteiger partial charge in [-0.2, -0.15) is 0 Å². The van der Waals surface area contributed by atoms with E-state index in [0.29, 0.717) is 4.90 Å². The zero-order chi connectivity index (χ0) is 16.4. The highest BCUT2D eigenvalue weighted by atomic mass is 32.1. The molecule has 0 spiro atoms. The lowest BCUT2D eigenvalue weighted by atomic mass is 10.1. The van der Waals surface area contributed by atoms with E-state index in [0.717, 1.165) is 0 Å². The van der Waals surface area contributed by atoms with Crippen LogP contribution < -0.4 is 0 Å². The van der Waals surface area contributed by atoms with Gasteiger partial charge in [0.15, 0.2) is 0 Å². The molecule has 0 aromatic heterocycles. The van der Waals surface area contributed by atoms with E-state index in [-0.39, 0.29) is 11.1 Å². The van der Waals surface area contributed by atoms with Crippen LogP contribution in [-0.4, -0.2) is 23.1 Å². The molecular weight excluding hydrogens is 288 g/mol. The fraction of sp³-hybridized carbons (Fsp3) is 0.500. The van der Waals surface area contributed by atoms with Crippen LogP contribution in [0, 0.1) is 0 Å². The van der Waals surface area contributed by atoms with E-state index in [2.05, 4.69) is 12.6 Å². The summed E-state index contributed by atoms with van der Waals surface area (Å²) in [6, 6.07) is 4.58. The standard InChI is InChI=1S/C16H22O4S/c1-15(2,3)19-13(17)10-7-11(9-12(21)8-10)14(18)20-16(4,5)6/h7-9,21H,1-6H3. The second-order valence-corrected chi connectivity index (χ2v) is 7.29. The summed E-state index contributed by atoms with van der Waals surface area (Å²) < 4.78 is 10.6. The zero-order valence-electron chi connectivity index (χ0n) is 13.3. The molecule has 0 amide bonds. The van der Waals surface area contributed by atoms with E-state index in [9.17, 15) is 9.59 Å². The fourth-order valence-electron chi connectivity index (χ4n) is 1.52. The summed E-state index contributed by atoms with van der Waals surface area (Å²) in [5.74, 6) is -0.994. The highest BCUT2D eigenvalue weighted by Gasteiger charge is 2.22. The molecule has 5 heteroatoms. The van der Waals surface area contributed by atoms with Crippen LogP contribution in [0.2, 0.25) is 0 Å². The van der Waals surface area contributed by atoms with Gasteiger partial charge in [-0.15, -0.1) is 12.6 Å². The molecule has 1 aromatic carbocycles. The molecule has 0 heterocycles. The normalized spacial score (nSPS) is 12.0. The molecule has 0 fully saturated rings. The van der Waals surface area contributed by atoms with Gasteiger partial charge in [0, 0.05) is 4.90 Å². The number of carbonyl (C=O) groups is 2. The minimum Gasteiger partial charge on any atom is -0.456 e. The van der Waals surface area contributed by atoms with Crippen molar-refractivity contribution in [1.82, 2.24) is 0 Å². The monoisotopic (exact) mass is 310 g/mol. The largest absolute Gasteiger partial charge is 0.456 e. The molecule has 0 N–H and O–H groups in total. The van der Waals surface area contributed by atoms with Gasteiger partial charge in [0.1, 0.15) is 11.2 Å². The number of ether oxygens (including phenoxy) is 2. The SMILES string of the molecule is CC(C)(C)OC(=O)c1cc(S)cc(C(=O)OC(C)(C)C)c1. The molecule has 1 aromatic rings. The quantitative estimate of drug-likeness (QED) is 0.665. The van der Waals surface area contributed by atoms with Crippen LogP contribution in [-0.2, 0) is 9.47 Å². The zero-order valence-corrected chi connectivity index (χ0v) is 14.2. The van der Waals surface area contributed by atoms with Crippen LogP contribution in [0.3, 0.4) is 0 Å². The third-order valence-electron chi connectivity index (χ3n) is 2.19. The van der Waals surface area contributed by atoms with Crippen molar-refractivity contribution in [3.63, 3.8) is 0 Å². The summed E-state index contributed by atoms with van der Waals surface area (Å²) in [5.41, 5.74) is -0.650. The van der Waals surface area contributed by atoms with Gasteiger partial charge in [0.25, 0.3) is 0 Å². The summed E-state index contributed by atoms with van der Waals surface area (Å²) in [4.78, 5) is 24.6. The number of esters is 2. The summed E-state index contributed by atoms with van der Waals surface area (Å²) in [6.45, 7) is 10.7. The van der Waals surface area contributed by atoms with Gasteiger partial charge < -0.3 is 9.47 Å². The molecule has 0 unspecified atom stereocenters. The maximum atomic E-state index is 12.1. The van der Waals surface area contributed by atoms with Gasteiger partial charge in [-0.05, 0) is 59.7 Å². The molecule has 0 aliphatic heterocycles. The van der Waals surface area contributed by atoms with Crippen molar-refractivity contribution < 1.29 is 19.1 Å². The summed E-state index contributed by atoms with van der Waals surface area (Å²) in [5, 5.41) is 0. The Balaban J connectivity index is 3.05. The van der Waals surface area contributed by atoms with Gasteiger partial charge >= 0.3 is 11.9 Å². The van der Waals surface area contributed by atoms with Crippen molar-refractivity contribution in [2.24, 2.45) is 0 Å². The predicted octanol–water partition coefficient (Wildman–Crippen LogP) is 3.89. The first-order chi connectivity index (χ1) is 9.37. The lowest BCUT2D eigenvalue weighted by molar-refractivity contribution is 0.00676. The van der Waals surface area contributed by atoms with Gasteiger partial charge in [-0.25, -0.2) is 9.59 Å². The van der Waals surface area contributed by atoms with E-state index in [4.69, 9.17) is 9.47 Å². The first kappa shape index (κ1) is 17.6. The summed E-state index contributed by atoms with van der Waals surface area (Å²) in [6.07, 6.45) is 0. The Bertz CT molecular complexity index is 504. The van der Waals surface area contributed by atoms with E-state index < -0.39 is 23.1 Å². The topological polar surface area (TPSA) is 52.6 Å². The molecule has 0 saturated heterocycles. The summed E-state index contributed by atoms with van der Waals surface area (Å²) in [7, 11) is 0. The number of hydrogen-bond acceptors (Lipinski definition) is 5. The molecule has 0 saturated carbocycles. The number of thiol groups is 1. The van der Waals surface area contributed by atoms with Crippen LogP contribution in [0.1, 0.15) is 62.3 Å². The third-order valence-corrected chi connectivity index (χ3v) is 2.45. The Morgan fingerprint density at radius 3 is 1.43 bits per heavy atom. The van der Waals surface area contributed by atoms with E-state index in [1.165, 1.54) is 6.07 Å². The third kappa shape index (κ3) is 6.21. The molecule has 0 aliphatic rings. The molecule has 0 atom stereocenters. The number of hydrogen-bond donors (Lipinski definition) is 1. The van der Waals surface area contributed by atoms with Crippen LogP contribution >= 0.6 is 12.6 Å². The molecule has 4 nitrogen and oxygen atoms in total. The minimum absolute atomic E-state index is 0.276. The van der Waals surface area contributed by atoms with Crippen molar-refractivity contribution in [3.05, 3.63) is 29.3 Å². The first-order valence-corrected chi connectivity index (χ1v) is 7.13. The van der Waals surface area contributed by atoms with Crippen molar-refractivity contribution in [2.75, 3.05) is 0 Å². The predicted molar refractivity (Wildman–Crippen MR) is 84.0 cm³/mol. The van der Waals surface area contributed by atoms with Gasteiger partial charge in [0.2, 0.25) is 0 Å². The molecule has 0 bridgehead atoms. The smallest absolute Gasteiger partial charge is 0.338 e. The summed E-state index contributed by atoms with van der Waals surface area (Å²) >= 11 is 4.22. The Kier molecular flexibility index (Phi) is 5.10. The minimum atomic E-state index is -0.601. The molecular formula is C16H22O4S. The second-order valence-electron chi connectivity index (χ2n) is 6.77. The van der Waals surface area contributed by atoms with Gasteiger partial charge in [-0.3, -0.25) is 0 Å². The Morgan fingerprint density at radius 2 is 1.14 bits per heavy atom. The Hall–Kier alpha value is -1.49. The Morgan fingerprint density at radius 1 is 0.810 bits per heavy atom. The van der Waals surface area contributed by atoms with E-state index in [1.54, 1.807) is 53.7 Å². The number of rotatable bonds is 2. The average molecular weight is 310 g/mol. The van der Waals surface area contributed by atoms with E-state index in [1.807, 2.05) is 0 Å². The Labute approximate surface area is 131 Å². The molecule has 0 radical (unpaired) electrons. The molecule has 0 aliphatic carbocycles. The second kappa shape index (κ2) is 6.10. The molecule has 1 rings (SSSR count). The molecule has 21 heavy (non-hydrogen) atoms. The van der Waals surface area contributed by atoms with Crippen molar-refractivity contribution in [1.29, 1.82) is 0 Å². The van der Waals surface area contributed by atoms with Crippen molar-refractivity contribution >= 4 is 24.6 Å². The highest BCUT2D eigenvalue weighted by Crippen LogP contribution is 2.20. The average Bonchev–Trinajstić information content (AvgIpc) is 2.23.